The minimum absolute atomic E-state index is 0.329. The van der Waals surface area contributed by atoms with Gasteiger partial charge in [-0.3, -0.25) is 4.79 Å². The van der Waals surface area contributed by atoms with E-state index in [9.17, 15) is 4.79 Å². The van der Waals surface area contributed by atoms with Gasteiger partial charge < -0.3 is 9.47 Å². The molecule has 2 aromatic carbocycles. The van der Waals surface area contributed by atoms with E-state index in [1.54, 1.807) is 0 Å². The van der Waals surface area contributed by atoms with Crippen LogP contribution in [-0.2, 0) is 11.3 Å². The Labute approximate surface area is 186 Å². The molecule has 1 amide bonds. The molecule has 1 saturated heterocycles. The topological polar surface area (TPSA) is 25.2 Å². The Morgan fingerprint density at radius 3 is 2.35 bits per heavy atom. The summed E-state index contributed by atoms with van der Waals surface area (Å²) in [5.74, 6) is 1.32. The number of likely N-dealkylation sites (tertiary alicyclic amines) is 1. The number of hydrogen-bond donors (Lipinski definition) is 0. The van der Waals surface area contributed by atoms with E-state index >= 15 is 0 Å². The normalized spacial score (nSPS) is 18.5. The van der Waals surface area contributed by atoms with Gasteiger partial charge in [0.2, 0.25) is 5.91 Å². The van der Waals surface area contributed by atoms with Crippen LogP contribution in [-0.4, -0.2) is 28.5 Å². The van der Waals surface area contributed by atoms with Gasteiger partial charge in [-0.15, -0.1) is 0 Å². The average molecular weight is 415 g/mol. The van der Waals surface area contributed by atoms with E-state index in [4.69, 9.17) is 0 Å². The molecule has 3 nitrogen and oxygen atoms in total. The van der Waals surface area contributed by atoms with Crippen LogP contribution in [0.2, 0.25) is 0 Å². The zero-order chi connectivity index (χ0) is 21.0. The number of carbonyl (C=O) groups excluding carboxylic acids is 1. The molecule has 162 valence electrons. The van der Waals surface area contributed by atoms with E-state index in [2.05, 4.69) is 70.3 Å². The quantitative estimate of drug-likeness (QED) is 0.460. The second kappa shape index (κ2) is 9.30. The molecule has 3 aromatic rings. The van der Waals surface area contributed by atoms with Crippen molar-refractivity contribution in [3.8, 4) is 0 Å². The molecule has 1 atom stereocenters. The van der Waals surface area contributed by atoms with Crippen molar-refractivity contribution in [2.24, 2.45) is 5.92 Å². The van der Waals surface area contributed by atoms with Crippen LogP contribution in [0, 0.1) is 5.92 Å². The maximum Gasteiger partial charge on any atom is 0.223 e. The van der Waals surface area contributed by atoms with Crippen molar-refractivity contribution in [2.45, 2.75) is 63.8 Å². The average Bonchev–Trinajstić information content (AvgIpc) is 3.48. The van der Waals surface area contributed by atoms with Gasteiger partial charge in [-0.2, -0.15) is 0 Å². The van der Waals surface area contributed by atoms with E-state index in [1.807, 2.05) is 0 Å². The Kier molecular flexibility index (Phi) is 6.11. The first-order chi connectivity index (χ1) is 15.3. The molecule has 2 heterocycles. The van der Waals surface area contributed by atoms with Crippen molar-refractivity contribution >= 4 is 16.8 Å². The van der Waals surface area contributed by atoms with Crippen LogP contribution >= 0.6 is 0 Å². The van der Waals surface area contributed by atoms with E-state index in [-0.39, 0.29) is 0 Å². The van der Waals surface area contributed by atoms with E-state index < -0.39 is 0 Å². The Morgan fingerprint density at radius 1 is 0.871 bits per heavy atom. The number of aromatic nitrogens is 1. The summed E-state index contributed by atoms with van der Waals surface area (Å²) in [5.41, 5.74) is 4.00. The van der Waals surface area contributed by atoms with Gasteiger partial charge in [-0.1, -0.05) is 67.8 Å². The SMILES string of the molecule is O=C(C[C@H](c1cn(Cc2ccccc2)c2ccccc12)C1CCCCC1)N1CCCC1. The van der Waals surface area contributed by atoms with Gasteiger partial charge in [-0.25, -0.2) is 0 Å². The van der Waals surface area contributed by atoms with Gasteiger partial charge in [0.1, 0.15) is 0 Å². The molecule has 1 aliphatic heterocycles. The summed E-state index contributed by atoms with van der Waals surface area (Å²) in [6.45, 7) is 2.77. The molecule has 0 spiro atoms. The minimum atomic E-state index is 0.329. The fourth-order valence-corrected chi connectivity index (χ4v) is 5.83. The van der Waals surface area contributed by atoms with Crippen LogP contribution < -0.4 is 0 Å². The number of rotatable bonds is 6. The lowest BCUT2D eigenvalue weighted by atomic mass is 9.75. The fourth-order valence-electron chi connectivity index (χ4n) is 5.83. The standard InChI is InChI=1S/C28H34N2O/c31-28(29-17-9-10-18-29)19-25(23-13-5-2-6-14-23)26-21-30(20-22-11-3-1-4-12-22)27-16-8-7-15-24(26)27/h1,3-4,7-8,11-12,15-16,21,23,25H,2,5-6,9-10,13-14,17-20H2/t25-/m0/s1. The Morgan fingerprint density at radius 2 is 1.58 bits per heavy atom. The summed E-state index contributed by atoms with van der Waals surface area (Å²) in [6, 6.07) is 19.5. The molecule has 1 aliphatic carbocycles. The molecular formula is C28H34N2O. The minimum Gasteiger partial charge on any atom is -0.343 e. The first kappa shape index (κ1) is 20.4. The highest BCUT2D eigenvalue weighted by Gasteiger charge is 2.31. The van der Waals surface area contributed by atoms with Crippen molar-refractivity contribution < 1.29 is 4.79 Å². The summed E-state index contributed by atoms with van der Waals surface area (Å²) in [4.78, 5) is 15.3. The van der Waals surface area contributed by atoms with Crippen molar-refractivity contribution in [1.82, 2.24) is 9.47 Å². The van der Waals surface area contributed by atoms with Crippen LogP contribution in [0.5, 0.6) is 0 Å². The Hall–Kier alpha value is -2.55. The van der Waals surface area contributed by atoms with Gasteiger partial charge in [0, 0.05) is 43.2 Å². The van der Waals surface area contributed by atoms with Crippen molar-refractivity contribution in [2.75, 3.05) is 13.1 Å². The number of carbonyl (C=O) groups is 1. The molecular weight excluding hydrogens is 380 g/mol. The smallest absolute Gasteiger partial charge is 0.223 e. The predicted molar refractivity (Wildman–Crippen MR) is 127 cm³/mol. The van der Waals surface area contributed by atoms with Gasteiger partial charge >= 0.3 is 0 Å². The van der Waals surface area contributed by atoms with Gasteiger partial charge in [0.25, 0.3) is 0 Å². The summed E-state index contributed by atoms with van der Waals surface area (Å²) < 4.78 is 2.40. The molecule has 0 radical (unpaired) electrons. The fraction of sp³-hybridized carbons (Fsp3) is 0.464. The van der Waals surface area contributed by atoms with Gasteiger partial charge in [0.15, 0.2) is 0 Å². The maximum atomic E-state index is 13.2. The lowest BCUT2D eigenvalue weighted by Gasteiger charge is -2.31. The first-order valence-corrected chi connectivity index (χ1v) is 12.2. The molecule has 1 saturated carbocycles. The maximum absolute atomic E-state index is 13.2. The second-order valence-electron chi connectivity index (χ2n) is 9.51. The first-order valence-electron chi connectivity index (χ1n) is 12.2. The Balaban J connectivity index is 1.51. The van der Waals surface area contributed by atoms with Gasteiger partial charge in [0.05, 0.1) is 0 Å². The van der Waals surface area contributed by atoms with Crippen LogP contribution in [0.1, 0.15) is 68.4 Å². The Bertz CT molecular complexity index is 1010. The summed E-state index contributed by atoms with van der Waals surface area (Å²) in [6.07, 6.45) is 11.8. The molecule has 31 heavy (non-hydrogen) atoms. The van der Waals surface area contributed by atoms with E-state index in [0.29, 0.717) is 24.2 Å². The summed E-state index contributed by atoms with van der Waals surface area (Å²) in [5, 5.41) is 1.34. The molecule has 2 aliphatic rings. The summed E-state index contributed by atoms with van der Waals surface area (Å²) in [7, 11) is 0. The summed E-state index contributed by atoms with van der Waals surface area (Å²) >= 11 is 0. The third-order valence-electron chi connectivity index (χ3n) is 7.49. The number of hydrogen-bond acceptors (Lipinski definition) is 1. The number of fused-ring (bicyclic) bond motifs is 1. The number of para-hydroxylation sites is 1. The highest BCUT2D eigenvalue weighted by atomic mass is 16.2. The number of benzene rings is 2. The van der Waals surface area contributed by atoms with E-state index in [0.717, 1.165) is 32.5 Å². The lowest BCUT2D eigenvalue weighted by molar-refractivity contribution is -0.130. The van der Waals surface area contributed by atoms with Crippen molar-refractivity contribution in [3.05, 3.63) is 71.9 Å². The van der Waals surface area contributed by atoms with E-state index in [1.165, 1.54) is 54.1 Å². The largest absolute Gasteiger partial charge is 0.343 e. The lowest BCUT2D eigenvalue weighted by Crippen LogP contribution is -2.31. The third-order valence-corrected chi connectivity index (χ3v) is 7.49. The van der Waals surface area contributed by atoms with Crippen LogP contribution in [0.4, 0.5) is 0 Å². The number of amides is 1. The molecule has 1 aromatic heterocycles. The van der Waals surface area contributed by atoms with Crippen molar-refractivity contribution in [3.63, 3.8) is 0 Å². The van der Waals surface area contributed by atoms with Crippen LogP contribution in [0.15, 0.2) is 60.8 Å². The molecule has 2 fully saturated rings. The molecule has 0 N–H and O–H groups in total. The predicted octanol–water partition coefficient (Wildman–Crippen LogP) is 6.37. The monoisotopic (exact) mass is 414 g/mol. The third kappa shape index (κ3) is 4.42. The van der Waals surface area contributed by atoms with Crippen molar-refractivity contribution in [1.29, 1.82) is 0 Å². The highest BCUT2D eigenvalue weighted by Crippen LogP contribution is 2.42. The molecule has 0 bridgehead atoms. The zero-order valence-electron chi connectivity index (χ0n) is 18.5. The molecule has 3 heteroatoms. The second-order valence-corrected chi connectivity index (χ2v) is 9.51. The molecule has 5 rings (SSSR count). The zero-order valence-corrected chi connectivity index (χ0v) is 18.5. The molecule has 0 unspecified atom stereocenters. The van der Waals surface area contributed by atoms with Gasteiger partial charge in [-0.05, 0) is 54.7 Å². The number of nitrogens with zero attached hydrogens (tertiary/aromatic N) is 2. The highest BCUT2D eigenvalue weighted by molar-refractivity contribution is 5.86. The van der Waals surface area contributed by atoms with Crippen LogP contribution in [0.25, 0.3) is 10.9 Å². The van der Waals surface area contributed by atoms with Crippen LogP contribution in [0.3, 0.4) is 0 Å².